The molecule has 0 saturated heterocycles. The van der Waals surface area contributed by atoms with Crippen LogP contribution in [0.5, 0.6) is 0 Å². The number of hydrogen-bond acceptors (Lipinski definition) is 3. The van der Waals surface area contributed by atoms with E-state index in [9.17, 15) is 4.79 Å². The van der Waals surface area contributed by atoms with Crippen LogP contribution in [0, 0.1) is 0 Å². The van der Waals surface area contributed by atoms with Crippen molar-refractivity contribution in [1.29, 1.82) is 0 Å². The van der Waals surface area contributed by atoms with Crippen molar-refractivity contribution in [3.63, 3.8) is 0 Å². The highest BCUT2D eigenvalue weighted by molar-refractivity contribution is 5.77. The van der Waals surface area contributed by atoms with Crippen LogP contribution in [0.3, 0.4) is 0 Å². The summed E-state index contributed by atoms with van der Waals surface area (Å²) in [6.45, 7) is 13.5. The third-order valence-electron chi connectivity index (χ3n) is 3.03. The van der Waals surface area contributed by atoms with E-state index in [4.69, 9.17) is 5.73 Å². The summed E-state index contributed by atoms with van der Waals surface area (Å²) in [6.07, 6.45) is 2.52. The Balaban J connectivity index is 3.77. The van der Waals surface area contributed by atoms with E-state index in [1.165, 1.54) is 0 Å². The van der Waals surface area contributed by atoms with Crippen LogP contribution in [0.2, 0.25) is 0 Å². The van der Waals surface area contributed by atoms with Crippen LogP contribution < -0.4 is 11.1 Å². The lowest BCUT2D eigenvalue weighted by atomic mass is 10.0. The second-order valence-electron chi connectivity index (χ2n) is 5.80. The molecule has 0 fully saturated rings. The van der Waals surface area contributed by atoms with Crippen molar-refractivity contribution in [2.24, 2.45) is 5.73 Å². The van der Waals surface area contributed by atoms with Crippen molar-refractivity contribution in [1.82, 2.24) is 10.2 Å². The van der Waals surface area contributed by atoms with Crippen molar-refractivity contribution in [3.8, 4) is 0 Å². The molecular weight excluding hydrogens is 226 g/mol. The molecule has 0 aliphatic carbocycles. The maximum absolute atomic E-state index is 11.7. The molecule has 4 nitrogen and oxygen atoms in total. The van der Waals surface area contributed by atoms with Gasteiger partial charge in [-0.1, -0.05) is 13.8 Å². The molecule has 0 spiro atoms. The average Bonchev–Trinajstić information content (AvgIpc) is 2.21. The Morgan fingerprint density at radius 1 is 1.33 bits per heavy atom. The van der Waals surface area contributed by atoms with Gasteiger partial charge in [0.2, 0.25) is 5.91 Å². The molecule has 108 valence electrons. The number of nitrogens with zero attached hydrogens (tertiary/aromatic N) is 1. The van der Waals surface area contributed by atoms with Crippen molar-refractivity contribution in [2.45, 2.75) is 65.5 Å². The first-order valence-electron chi connectivity index (χ1n) is 7.09. The maximum Gasteiger partial charge on any atom is 0.222 e. The molecule has 0 rings (SSSR count). The monoisotopic (exact) mass is 257 g/mol. The number of carbonyl (C=O) groups is 1. The Morgan fingerprint density at radius 2 is 1.89 bits per heavy atom. The summed E-state index contributed by atoms with van der Waals surface area (Å²) >= 11 is 0. The predicted molar refractivity (Wildman–Crippen MR) is 77.5 cm³/mol. The molecule has 0 aliphatic rings. The quantitative estimate of drug-likeness (QED) is 0.661. The number of hydrogen-bond donors (Lipinski definition) is 2. The fourth-order valence-corrected chi connectivity index (χ4v) is 1.97. The van der Waals surface area contributed by atoms with Gasteiger partial charge in [0.25, 0.3) is 0 Å². The molecule has 0 radical (unpaired) electrons. The van der Waals surface area contributed by atoms with E-state index in [0.717, 1.165) is 32.5 Å². The van der Waals surface area contributed by atoms with Gasteiger partial charge in [-0.3, -0.25) is 4.79 Å². The minimum atomic E-state index is -0.426. The minimum Gasteiger partial charge on any atom is -0.354 e. The lowest BCUT2D eigenvalue weighted by Gasteiger charge is -2.22. The van der Waals surface area contributed by atoms with Gasteiger partial charge in [0.05, 0.1) is 0 Å². The summed E-state index contributed by atoms with van der Waals surface area (Å²) in [6, 6.07) is 0.232. The van der Waals surface area contributed by atoms with Gasteiger partial charge >= 0.3 is 0 Å². The topological polar surface area (TPSA) is 58.4 Å². The Kier molecular flexibility index (Phi) is 8.20. The van der Waals surface area contributed by atoms with Gasteiger partial charge in [-0.05, 0) is 53.2 Å². The van der Waals surface area contributed by atoms with Gasteiger partial charge in [-0.25, -0.2) is 0 Å². The van der Waals surface area contributed by atoms with Gasteiger partial charge in [-0.15, -0.1) is 0 Å². The molecular formula is C14H31N3O. The van der Waals surface area contributed by atoms with Gasteiger partial charge < -0.3 is 16.0 Å². The van der Waals surface area contributed by atoms with Gasteiger partial charge in [0, 0.05) is 18.0 Å². The fraction of sp³-hybridized carbons (Fsp3) is 0.929. The van der Waals surface area contributed by atoms with Crippen molar-refractivity contribution < 1.29 is 4.79 Å². The molecule has 3 N–H and O–H groups in total. The number of nitrogens with one attached hydrogen (secondary N) is 1. The van der Waals surface area contributed by atoms with E-state index >= 15 is 0 Å². The summed E-state index contributed by atoms with van der Waals surface area (Å²) in [4.78, 5) is 14.1. The zero-order valence-corrected chi connectivity index (χ0v) is 12.8. The molecule has 1 atom stereocenters. The van der Waals surface area contributed by atoms with Crippen LogP contribution in [0.1, 0.15) is 53.9 Å². The van der Waals surface area contributed by atoms with E-state index < -0.39 is 5.54 Å². The third kappa shape index (κ3) is 9.42. The molecule has 0 aromatic rings. The first kappa shape index (κ1) is 17.4. The van der Waals surface area contributed by atoms with Gasteiger partial charge in [0.1, 0.15) is 0 Å². The molecule has 1 amide bonds. The Hall–Kier alpha value is -0.610. The Morgan fingerprint density at radius 3 is 2.33 bits per heavy atom. The van der Waals surface area contributed by atoms with Crippen LogP contribution in [0.25, 0.3) is 0 Å². The molecule has 18 heavy (non-hydrogen) atoms. The summed E-state index contributed by atoms with van der Waals surface area (Å²) in [7, 11) is 0. The Labute approximate surface area is 112 Å². The van der Waals surface area contributed by atoms with Crippen molar-refractivity contribution in [2.75, 3.05) is 19.6 Å². The SMILES string of the molecule is CCN(CC)CCCC(C)NC(=O)CC(C)(C)N. The summed E-state index contributed by atoms with van der Waals surface area (Å²) in [5.74, 6) is 0.0536. The second-order valence-corrected chi connectivity index (χ2v) is 5.80. The molecule has 4 heteroatoms. The normalized spacial score (nSPS) is 13.7. The highest BCUT2D eigenvalue weighted by Crippen LogP contribution is 2.05. The lowest BCUT2D eigenvalue weighted by molar-refractivity contribution is -0.122. The zero-order chi connectivity index (χ0) is 14.2. The largest absolute Gasteiger partial charge is 0.354 e. The molecule has 0 heterocycles. The van der Waals surface area contributed by atoms with Crippen LogP contribution in [0.15, 0.2) is 0 Å². The Bertz CT molecular complexity index is 232. The number of amides is 1. The molecule has 0 bridgehead atoms. The molecule has 0 aromatic heterocycles. The summed E-state index contributed by atoms with van der Waals surface area (Å²) in [5.41, 5.74) is 5.39. The van der Waals surface area contributed by atoms with Gasteiger partial charge in [0.15, 0.2) is 0 Å². The minimum absolute atomic E-state index is 0.0536. The van der Waals surface area contributed by atoms with E-state index in [1.807, 2.05) is 13.8 Å². The second kappa shape index (κ2) is 8.48. The fourth-order valence-electron chi connectivity index (χ4n) is 1.97. The first-order chi connectivity index (χ1) is 8.28. The lowest BCUT2D eigenvalue weighted by Crippen LogP contribution is -2.41. The predicted octanol–water partition coefficient (Wildman–Crippen LogP) is 1.74. The number of carbonyl (C=O) groups excluding carboxylic acids is 1. The van der Waals surface area contributed by atoms with Crippen LogP contribution in [-0.2, 0) is 4.79 Å². The van der Waals surface area contributed by atoms with Crippen LogP contribution in [-0.4, -0.2) is 42.0 Å². The molecule has 0 aliphatic heterocycles. The number of nitrogens with two attached hydrogens (primary N) is 1. The van der Waals surface area contributed by atoms with Crippen LogP contribution >= 0.6 is 0 Å². The summed E-state index contributed by atoms with van der Waals surface area (Å²) in [5, 5.41) is 3.01. The van der Waals surface area contributed by atoms with Crippen molar-refractivity contribution >= 4 is 5.91 Å². The maximum atomic E-state index is 11.7. The highest BCUT2D eigenvalue weighted by Gasteiger charge is 2.17. The standard InChI is InChI=1S/C14H31N3O/c1-6-17(7-2)10-8-9-12(3)16-13(18)11-14(4,5)15/h12H,6-11,15H2,1-5H3,(H,16,18). The van der Waals surface area contributed by atoms with E-state index in [-0.39, 0.29) is 11.9 Å². The molecule has 1 unspecified atom stereocenters. The first-order valence-corrected chi connectivity index (χ1v) is 7.09. The van der Waals surface area contributed by atoms with E-state index in [1.54, 1.807) is 0 Å². The molecule has 0 saturated carbocycles. The average molecular weight is 257 g/mol. The third-order valence-corrected chi connectivity index (χ3v) is 3.03. The number of rotatable bonds is 9. The van der Waals surface area contributed by atoms with E-state index in [2.05, 4.69) is 31.0 Å². The van der Waals surface area contributed by atoms with Crippen molar-refractivity contribution in [3.05, 3.63) is 0 Å². The van der Waals surface area contributed by atoms with Crippen LogP contribution in [0.4, 0.5) is 0 Å². The highest BCUT2D eigenvalue weighted by atomic mass is 16.1. The van der Waals surface area contributed by atoms with Gasteiger partial charge in [-0.2, -0.15) is 0 Å². The van der Waals surface area contributed by atoms with E-state index in [0.29, 0.717) is 6.42 Å². The zero-order valence-electron chi connectivity index (χ0n) is 12.8. The molecule has 0 aromatic carbocycles. The smallest absolute Gasteiger partial charge is 0.222 e. The summed E-state index contributed by atoms with van der Waals surface area (Å²) < 4.78 is 0.